The van der Waals surface area contributed by atoms with Crippen LogP contribution in [0.3, 0.4) is 0 Å². The molecule has 2 rings (SSSR count). The molecule has 1 atom stereocenters. The molecule has 118 valence electrons. The van der Waals surface area contributed by atoms with Gasteiger partial charge in [-0.15, -0.1) is 0 Å². The van der Waals surface area contributed by atoms with Crippen molar-refractivity contribution in [1.82, 2.24) is 5.32 Å². The lowest BCUT2D eigenvalue weighted by Crippen LogP contribution is -2.42. The molecule has 2 nitrogen and oxygen atoms in total. The second-order valence-electron chi connectivity index (χ2n) is 6.86. The Morgan fingerprint density at radius 3 is 2.38 bits per heavy atom. The van der Waals surface area contributed by atoms with Gasteiger partial charge in [-0.3, -0.25) is 0 Å². The second-order valence-corrected chi connectivity index (χ2v) is 6.86. The smallest absolute Gasteiger partial charge is 0.0590 e. The van der Waals surface area contributed by atoms with Gasteiger partial charge in [0.15, 0.2) is 0 Å². The Bertz CT molecular complexity index is 420. The molecule has 0 amide bonds. The van der Waals surface area contributed by atoms with Gasteiger partial charge in [0.1, 0.15) is 0 Å². The summed E-state index contributed by atoms with van der Waals surface area (Å²) in [5, 5.41) is 3.78. The van der Waals surface area contributed by atoms with Crippen molar-refractivity contribution in [1.29, 1.82) is 0 Å². The van der Waals surface area contributed by atoms with E-state index in [4.69, 9.17) is 4.74 Å². The molecule has 1 aliphatic carbocycles. The largest absolute Gasteiger partial charge is 0.380 e. The normalized spacial score (nSPS) is 18.0. The summed E-state index contributed by atoms with van der Waals surface area (Å²) in [6, 6.07) is 9.74. The van der Waals surface area contributed by atoms with Crippen LogP contribution < -0.4 is 5.32 Å². The molecule has 0 bridgehead atoms. The van der Waals surface area contributed by atoms with E-state index in [-0.39, 0.29) is 0 Å². The first-order chi connectivity index (χ1) is 10.1. The number of benzene rings is 1. The average Bonchev–Trinajstić information content (AvgIpc) is 3.24. The first-order valence-electron chi connectivity index (χ1n) is 8.47. The first-order valence-corrected chi connectivity index (χ1v) is 8.47. The van der Waals surface area contributed by atoms with E-state index in [9.17, 15) is 0 Å². The van der Waals surface area contributed by atoms with Gasteiger partial charge in [0.25, 0.3) is 0 Å². The van der Waals surface area contributed by atoms with Crippen LogP contribution in [0.25, 0.3) is 0 Å². The van der Waals surface area contributed by atoms with Crippen LogP contribution in [0.15, 0.2) is 24.3 Å². The highest BCUT2D eigenvalue weighted by molar-refractivity contribution is 5.35. The third kappa shape index (κ3) is 4.31. The van der Waals surface area contributed by atoms with Crippen molar-refractivity contribution in [2.45, 2.75) is 58.4 Å². The van der Waals surface area contributed by atoms with Crippen molar-refractivity contribution >= 4 is 0 Å². The highest BCUT2D eigenvalue weighted by Crippen LogP contribution is 2.52. The molecule has 1 saturated carbocycles. The molecule has 1 aromatic carbocycles. The van der Waals surface area contributed by atoms with Crippen molar-refractivity contribution in [3.05, 3.63) is 35.4 Å². The fourth-order valence-corrected chi connectivity index (χ4v) is 3.28. The van der Waals surface area contributed by atoms with Gasteiger partial charge in [0.05, 0.1) is 6.61 Å². The molecule has 0 heterocycles. The van der Waals surface area contributed by atoms with Crippen molar-refractivity contribution in [3.63, 3.8) is 0 Å². The summed E-state index contributed by atoms with van der Waals surface area (Å²) in [5.41, 5.74) is 3.23. The van der Waals surface area contributed by atoms with Crippen LogP contribution in [0.5, 0.6) is 0 Å². The minimum atomic E-state index is 0.365. The Morgan fingerprint density at radius 2 is 1.86 bits per heavy atom. The monoisotopic (exact) mass is 289 g/mol. The number of ether oxygens (including phenoxy) is 1. The highest BCUT2D eigenvalue weighted by atomic mass is 16.5. The molecule has 0 aromatic heterocycles. The zero-order valence-corrected chi connectivity index (χ0v) is 14.1. The van der Waals surface area contributed by atoms with Crippen LogP contribution in [0.1, 0.15) is 51.2 Å². The van der Waals surface area contributed by atoms with Crippen molar-refractivity contribution in [2.24, 2.45) is 5.92 Å². The number of hydrogen-bond acceptors (Lipinski definition) is 2. The van der Waals surface area contributed by atoms with E-state index >= 15 is 0 Å². The summed E-state index contributed by atoms with van der Waals surface area (Å²) in [7, 11) is 0. The minimum Gasteiger partial charge on any atom is -0.380 e. The zero-order valence-electron chi connectivity index (χ0n) is 14.1. The lowest BCUT2D eigenvalue weighted by atomic mass is 9.83. The van der Waals surface area contributed by atoms with E-state index in [1.165, 1.54) is 30.4 Å². The fraction of sp³-hybridized carbons (Fsp3) is 0.684. The topological polar surface area (TPSA) is 21.3 Å². The Balaban J connectivity index is 2.05. The van der Waals surface area contributed by atoms with Crippen LogP contribution >= 0.6 is 0 Å². The maximum absolute atomic E-state index is 5.48. The number of aryl methyl sites for hydroxylation is 1. The van der Waals surface area contributed by atoms with Gasteiger partial charge < -0.3 is 10.1 Å². The van der Waals surface area contributed by atoms with Gasteiger partial charge in [-0.1, -0.05) is 43.7 Å². The van der Waals surface area contributed by atoms with Gasteiger partial charge in [-0.25, -0.2) is 0 Å². The van der Waals surface area contributed by atoms with Crippen LogP contribution in [0.4, 0.5) is 0 Å². The molecule has 0 saturated heterocycles. The fourth-order valence-electron chi connectivity index (χ4n) is 3.28. The minimum absolute atomic E-state index is 0.365. The zero-order chi connectivity index (χ0) is 15.3. The number of nitrogens with one attached hydrogen (secondary N) is 1. The summed E-state index contributed by atoms with van der Waals surface area (Å²) in [6.45, 7) is 11.4. The molecule has 0 radical (unpaired) electrons. The molecule has 2 heteroatoms. The molecule has 0 aliphatic heterocycles. The van der Waals surface area contributed by atoms with Gasteiger partial charge >= 0.3 is 0 Å². The van der Waals surface area contributed by atoms with Crippen LogP contribution in [-0.4, -0.2) is 25.8 Å². The summed E-state index contributed by atoms with van der Waals surface area (Å²) in [6.07, 6.45) is 3.87. The maximum atomic E-state index is 5.48. The highest BCUT2D eigenvalue weighted by Gasteiger charge is 2.50. The number of hydrogen-bond donors (Lipinski definition) is 1. The Labute approximate surface area is 130 Å². The molecule has 1 N–H and O–H groups in total. The predicted molar refractivity (Wildman–Crippen MR) is 89.8 cm³/mol. The molecule has 1 aliphatic rings. The molecule has 1 aromatic rings. The van der Waals surface area contributed by atoms with E-state index in [0.717, 1.165) is 25.7 Å². The third-order valence-corrected chi connectivity index (χ3v) is 4.63. The molecule has 1 fully saturated rings. The van der Waals surface area contributed by atoms with E-state index in [2.05, 4.69) is 57.3 Å². The SMILES string of the molecule is CCOCCNC(CC(C)C)C1(c2ccc(C)cc2)CC1. The lowest BCUT2D eigenvalue weighted by Gasteiger charge is -2.30. The van der Waals surface area contributed by atoms with E-state index in [0.29, 0.717) is 11.5 Å². The van der Waals surface area contributed by atoms with E-state index in [1.807, 2.05) is 0 Å². The van der Waals surface area contributed by atoms with Gasteiger partial charge in [-0.05, 0) is 44.6 Å². The van der Waals surface area contributed by atoms with Crippen molar-refractivity contribution in [3.8, 4) is 0 Å². The van der Waals surface area contributed by atoms with Gasteiger partial charge in [0, 0.05) is 24.6 Å². The number of rotatable bonds is 9. The van der Waals surface area contributed by atoms with Crippen molar-refractivity contribution in [2.75, 3.05) is 19.8 Å². The Hall–Kier alpha value is -0.860. The molecule has 0 spiro atoms. The average molecular weight is 289 g/mol. The lowest BCUT2D eigenvalue weighted by molar-refractivity contribution is 0.143. The molecule has 1 unspecified atom stereocenters. The third-order valence-electron chi connectivity index (χ3n) is 4.63. The molecular weight excluding hydrogens is 258 g/mol. The summed E-state index contributed by atoms with van der Waals surface area (Å²) in [5.74, 6) is 0.720. The standard InChI is InChI=1S/C19H31NO/c1-5-21-13-12-20-18(14-15(2)3)19(10-11-19)17-8-6-16(4)7-9-17/h6-9,15,18,20H,5,10-14H2,1-4H3. The van der Waals surface area contributed by atoms with E-state index < -0.39 is 0 Å². The molecular formula is C19H31NO. The maximum Gasteiger partial charge on any atom is 0.0590 e. The van der Waals surface area contributed by atoms with Gasteiger partial charge in [0.2, 0.25) is 0 Å². The van der Waals surface area contributed by atoms with Crippen LogP contribution in [-0.2, 0) is 10.2 Å². The van der Waals surface area contributed by atoms with E-state index in [1.54, 1.807) is 0 Å². The van der Waals surface area contributed by atoms with Gasteiger partial charge in [-0.2, -0.15) is 0 Å². The summed E-state index contributed by atoms with van der Waals surface area (Å²) in [4.78, 5) is 0. The summed E-state index contributed by atoms with van der Waals surface area (Å²) < 4.78 is 5.48. The van der Waals surface area contributed by atoms with Crippen LogP contribution in [0.2, 0.25) is 0 Å². The van der Waals surface area contributed by atoms with Crippen LogP contribution in [0, 0.1) is 12.8 Å². The quantitative estimate of drug-likeness (QED) is 0.692. The first kappa shape index (κ1) is 16.5. The second kappa shape index (κ2) is 7.42. The summed E-state index contributed by atoms with van der Waals surface area (Å²) >= 11 is 0. The van der Waals surface area contributed by atoms with Crippen molar-refractivity contribution < 1.29 is 4.74 Å². The Kier molecular flexibility index (Phi) is 5.83. The molecule has 21 heavy (non-hydrogen) atoms. The predicted octanol–water partition coefficient (Wildman–Crippen LogP) is 4.07. The Morgan fingerprint density at radius 1 is 1.19 bits per heavy atom.